The molecule has 150 valence electrons. The van der Waals surface area contributed by atoms with Crippen molar-refractivity contribution < 1.29 is 19.1 Å². The van der Waals surface area contributed by atoms with Gasteiger partial charge in [-0.15, -0.1) is 0 Å². The van der Waals surface area contributed by atoms with Crippen LogP contribution in [0.15, 0.2) is 48.5 Å². The lowest BCUT2D eigenvalue weighted by atomic mass is 10.1. The highest BCUT2D eigenvalue weighted by molar-refractivity contribution is 5.91. The maximum absolute atomic E-state index is 13.1. The van der Waals surface area contributed by atoms with Crippen molar-refractivity contribution in [1.29, 1.82) is 0 Å². The Bertz CT molecular complexity index is 792. The van der Waals surface area contributed by atoms with Crippen LogP contribution in [0, 0.1) is 11.7 Å². The van der Waals surface area contributed by atoms with E-state index in [1.165, 1.54) is 36.1 Å². The number of hydrogen-bond donors (Lipinski definition) is 3. The van der Waals surface area contributed by atoms with Crippen molar-refractivity contribution in [1.82, 2.24) is 4.90 Å². The third-order valence-corrected chi connectivity index (χ3v) is 3.98. The molecule has 0 spiro atoms. The van der Waals surface area contributed by atoms with Gasteiger partial charge < -0.3 is 20.6 Å². The topological polar surface area (TPSA) is 81.7 Å². The highest BCUT2D eigenvalue weighted by Crippen LogP contribution is 2.18. The monoisotopic (exact) mass is 387 g/mol. The predicted molar refractivity (Wildman–Crippen MR) is 108 cm³/mol. The van der Waals surface area contributed by atoms with E-state index in [-0.39, 0.29) is 30.2 Å². The summed E-state index contributed by atoms with van der Waals surface area (Å²) in [7, 11) is 0. The van der Waals surface area contributed by atoms with E-state index >= 15 is 0 Å². The lowest BCUT2D eigenvalue weighted by Gasteiger charge is -2.27. The summed E-state index contributed by atoms with van der Waals surface area (Å²) in [6.45, 7) is 5.92. The Morgan fingerprint density at radius 1 is 0.964 bits per heavy atom. The van der Waals surface area contributed by atoms with Crippen molar-refractivity contribution >= 4 is 23.3 Å². The maximum atomic E-state index is 13.1. The van der Waals surface area contributed by atoms with Crippen molar-refractivity contribution in [2.24, 2.45) is 5.92 Å². The van der Waals surface area contributed by atoms with E-state index in [1.54, 1.807) is 24.3 Å². The zero-order chi connectivity index (χ0) is 20.7. The minimum absolute atomic E-state index is 0.0830. The van der Waals surface area contributed by atoms with E-state index in [1.807, 2.05) is 13.8 Å². The number of nitrogens with zero attached hydrogens (tertiary/aromatic N) is 1. The lowest BCUT2D eigenvalue weighted by molar-refractivity contribution is -0.114. The second-order valence-corrected chi connectivity index (χ2v) is 7.05. The Morgan fingerprint density at radius 3 is 2.00 bits per heavy atom. The molecule has 2 rings (SSSR count). The molecule has 0 aromatic heterocycles. The molecule has 2 aromatic rings. The molecule has 0 aliphatic rings. The summed E-state index contributed by atoms with van der Waals surface area (Å²) >= 11 is 0. The fraction of sp³-hybridized carbons (Fsp3) is 0.333. The van der Waals surface area contributed by atoms with Gasteiger partial charge in [-0.25, -0.2) is 9.18 Å². The smallest absolute Gasteiger partial charge is 0.321 e. The number of amides is 3. The first-order valence-corrected chi connectivity index (χ1v) is 9.11. The molecule has 0 radical (unpaired) electrons. The van der Waals surface area contributed by atoms with E-state index in [0.717, 1.165) is 0 Å². The second-order valence-electron chi connectivity index (χ2n) is 7.05. The Hall–Kier alpha value is -2.93. The first-order valence-electron chi connectivity index (χ1n) is 9.11. The van der Waals surface area contributed by atoms with Crippen LogP contribution in [0.4, 0.5) is 20.6 Å². The van der Waals surface area contributed by atoms with Crippen LogP contribution in [0.5, 0.6) is 0 Å². The number of halogens is 1. The fourth-order valence-electron chi connectivity index (χ4n) is 2.72. The summed E-state index contributed by atoms with van der Waals surface area (Å²) < 4.78 is 13.1. The summed E-state index contributed by atoms with van der Waals surface area (Å²) in [4.78, 5) is 25.3. The second kappa shape index (κ2) is 9.85. The number of aliphatic hydroxyl groups is 1. The van der Waals surface area contributed by atoms with Gasteiger partial charge in [0.2, 0.25) is 5.91 Å². The van der Waals surface area contributed by atoms with Gasteiger partial charge in [0.05, 0.1) is 12.6 Å². The number of anilines is 2. The van der Waals surface area contributed by atoms with Gasteiger partial charge in [-0.2, -0.15) is 0 Å². The summed E-state index contributed by atoms with van der Waals surface area (Å²) in [5, 5.41) is 15.9. The van der Waals surface area contributed by atoms with Crippen LogP contribution in [0.2, 0.25) is 0 Å². The van der Waals surface area contributed by atoms with Crippen molar-refractivity contribution in [3.63, 3.8) is 0 Å². The summed E-state index contributed by atoms with van der Waals surface area (Å²) in [5.74, 6) is -0.349. The number of urea groups is 1. The van der Waals surface area contributed by atoms with Gasteiger partial charge in [0.1, 0.15) is 5.82 Å². The average Bonchev–Trinajstić information content (AvgIpc) is 2.62. The van der Waals surface area contributed by atoms with Gasteiger partial charge in [0, 0.05) is 24.8 Å². The third kappa shape index (κ3) is 6.66. The van der Waals surface area contributed by atoms with Crippen molar-refractivity contribution in [2.75, 3.05) is 23.7 Å². The summed E-state index contributed by atoms with van der Waals surface area (Å²) in [5.41, 5.74) is 1.75. The van der Waals surface area contributed by atoms with E-state index in [2.05, 4.69) is 10.6 Å². The molecule has 0 fully saturated rings. The Balaban J connectivity index is 2.05. The Kier molecular flexibility index (Phi) is 7.52. The maximum Gasteiger partial charge on any atom is 0.321 e. The molecule has 28 heavy (non-hydrogen) atoms. The Labute approximate surface area is 164 Å². The normalized spacial score (nSPS) is 11.8. The highest BCUT2D eigenvalue weighted by Gasteiger charge is 2.20. The molecule has 0 heterocycles. The summed E-state index contributed by atoms with van der Waals surface area (Å²) in [6.07, 6.45) is -0.924. The Morgan fingerprint density at radius 2 is 1.50 bits per heavy atom. The number of hydrogen-bond acceptors (Lipinski definition) is 3. The number of nitrogens with one attached hydrogen (secondary N) is 2. The third-order valence-electron chi connectivity index (χ3n) is 3.98. The predicted octanol–water partition coefficient (Wildman–Crippen LogP) is 4.01. The molecule has 0 aliphatic carbocycles. The van der Waals surface area contributed by atoms with Crippen LogP contribution in [0.25, 0.3) is 0 Å². The zero-order valence-corrected chi connectivity index (χ0v) is 16.3. The van der Waals surface area contributed by atoms with E-state index in [0.29, 0.717) is 23.5 Å². The molecule has 7 heteroatoms. The summed E-state index contributed by atoms with van der Waals surface area (Å²) in [6, 6.07) is 12.0. The number of rotatable bonds is 7. The SMILES string of the molecule is CC(=O)Nc1ccc(NC(=O)N(CC(C)C)C[C@H](O)c2ccc(F)cc2)cc1. The minimum atomic E-state index is -0.924. The zero-order valence-electron chi connectivity index (χ0n) is 16.3. The molecule has 2 aromatic carbocycles. The van der Waals surface area contributed by atoms with Gasteiger partial charge in [0.15, 0.2) is 0 Å². The van der Waals surface area contributed by atoms with Crippen LogP contribution in [-0.4, -0.2) is 35.0 Å². The molecule has 0 bridgehead atoms. The van der Waals surface area contributed by atoms with E-state index < -0.39 is 6.10 Å². The quantitative estimate of drug-likeness (QED) is 0.671. The van der Waals surface area contributed by atoms with Crippen LogP contribution in [0.3, 0.4) is 0 Å². The van der Waals surface area contributed by atoms with Crippen molar-refractivity contribution in [2.45, 2.75) is 26.9 Å². The first-order chi connectivity index (χ1) is 13.2. The van der Waals surface area contributed by atoms with Crippen LogP contribution in [-0.2, 0) is 4.79 Å². The van der Waals surface area contributed by atoms with Gasteiger partial charge in [-0.1, -0.05) is 26.0 Å². The fourth-order valence-corrected chi connectivity index (χ4v) is 2.72. The number of carbonyl (C=O) groups excluding carboxylic acids is 2. The average molecular weight is 387 g/mol. The highest BCUT2D eigenvalue weighted by atomic mass is 19.1. The molecule has 0 aliphatic heterocycles. The van der Waals surface area contributed by atoms with Crippen LogP contribution in [0.1, 0.15) is 32.4 Å². The number of carbonyl (C=O) groups is 2. The lowest BCUT2D eigenvalue weighted by Crippen LogP contribution is -2.40. The first kappa shape index (κ1) is 21.4. The standard InChI is InChI=1S/C21H26FN3O3/c1-14(2)12-25(13-20(27)16-4-6-17(22)7-5-16)21(28)24-19-10-8-18(9-11-19)23-15(3)26/h4-11,14,20,27H,12-13H2,1-3H3,(H,23,26)(H,24,28)/t20-/m0/s1. The largest absolute Gasteiger partial charge is 0.387 e. The van der Waals surface area contributed by atoms with Gasteiger partial charge >= 0.3 is 6.03 Å². The molecule has 1 atom stereocenters. The number of benzene rings is 2. The minimum Gasteiger partial charge on any atom is -0.387 e. The molecule has 0 unspecified atom stereocenters. The van der Waals surface area contributed by atoms with Crippen LogP contribution < -0.4 is 10.6 Å². The van der Waals surface area contributed by atoms with Crippen molar-refractivity contribution in [3.05, 3.63) is 59.9 Å². The number of aliphatic hydroxyl groups excluding tert-OH is 1. The van der Waals surface area contributed by atoms with E-state index in [4.69, 9.17) is 0 Å². The van der Waals surface area contributed by atoms with Crippen molar-refractivity contribution in [3.8, 4) is 0 Å². The molecule has 6 nitrogen and oxygen atoms in total. The molecular weight excluding hydrogens is 361 g/mol. The van der Waals surface area contributed by atoms with Gasteiger partial charge in [-0.3, -0.25) is 4.79 Å². The molecule has 0 saturated carbocycles. The van der Waals surface area contributed by atoms with Gasteiger partial charge in [-0.05, 0) is 47.9 Å². The van der Waals surface area contributed by atoms with E-state index in [9.17, 15) is 19.1 Å². The molecule has 3 N–H and O–H groups in total. The molecular formula is C21H26FN3O3. The molecule has 0 saturated heterocycles. The van der Waals surface area contributed by atoms with Gasteiger partial charge in [0.25, 0.3) is 0 Å². The van der Waals surface area contributed by atoms with Crippen LogP contribution >= 0.6 is 0 Å². The molecule has 3 amide bonds.